The normalized spacial score (nSPS) is 10.3. The van der Waals surface area contributed by atoms with Crippen LogP contribution in [-0.4, -0.2) is 22.1 Å². The highest BCUT2D eigenvalue weighted by Gasteiger charge is 2.03. The summed E-state index contributed by atoms with van der Waals surface area (Å²) in [5, 5.41) is 3.12. The number of nitrogen functional groups attached to an aromatic ring is 1. The second-order valence-electron chi connectivity index (χ2n) is 4.28. The molecule has 0 atom stereocenters. The van der Waals surface area contributed by atoms with Crippen molar-refractivity contribution in [1.82, 2.24) is 15.0 Å². The van der Waals surface area contributed by atoms with Gasteiger partial charge in [0, 0.05) is 6.54 Å². The van der Waals surface area contributed by atoms with Gasteiger partial charge in [0.25, 0.3) is 0 Å². The molecule has 0 aliphatic rings. The fourth-order valence-electron chi connectivity index (χ4n) is 1.81. The molecular formula is C13H17N5O. The molecule has 2 aromatic rings. The van der Waals surface area contributed by atoms with E-state index in [9.17, 15) is 0 Å². The Morgan fingerprint density at radius 3 is 2.63 bits per heavy atom. The van der Waals surface area contributed by atoms with E-state index in [-0.39, 0.29) is 5.95 Å². The minimum absolute atomic E-state index is 0.219. The monoisotopic (exact) mass is 259 g/mol. The van der Waals surface area contributed by atoms with E-state index in [1.165, 1.54) is 0 Å². The van der Waals surface area contributed by atoms with Gasteiger partial charge in [-0.3, -0.25) is 0 Å². The van der Waals surface area contributed by atoms with Gasteiger partial charge < -0.3 is 15.8 Å². The van der Waals surface area contributed by atoms with Crippen molar-refractivity contribution in [2.45, 2.75) is 20.4 Å². The van der Waals surface area contributed by atoms with Crippen LogP contribution >= 0.6 is 0 Å². The fourth-order valence-corrected chi connectivity index (χ4v) is 1.81. The molecule has 0 saturated heterocycles. The molecule has 1 heterocycles. The van der Waals surface area contributed by atoms with E-state index < -0.39 is 0 Å². The summed E-state index contributed by atoms with van der Waals surface area (Å²) in [6.45, 7) is 4.40. The molecule has 0 fully saturated rings. The van der Waals surface area contributed by atoms with Crippen LogP contribution in [0, 0.1) is 13.8 Å². The third-order valence-corrected chi connectivity index (χ3v) is 2.56. The van der Waals surface area contributed by atoms with Crippen LogP contribution in [0.1, 0.15) is 17.0 Å². The molecule has 0 aliphatic heterocycles. The van der Waals surface area contributed by atoms with Gasteiger partial charge in [0.05, 0.1) is 7.11 Å². The van der Waals surface area contributed by atoms with E-state index in [0.29, 0.717) is 18.3 Å². The number of anilines is 2. The van der Waals surface area contributed by atoms with Crippen LogP contribution in [0.15, 0.2) is 18.2 Å². The molecule has 19 heavy (non-hydrogen) atoms. The highest BCUT2D eigenvalue weighted by Crippen LogP contribution is 2.17. The summed E-state index contributed by atoms with van der Waals surface area (Å²) in [5.41, 5.74) is 7.81. The van der Waals surface area contributed by atoms with Crippen molar-refractivity contribution in [2.75, 3.05) is 18.2 Å². The van der Waals surface area contributed by atoms with E-state index in [2.05, 4.69) is 26.3 Å². The third kappa shape index (κ3) is 3.54. The van der Waals surface area contributed by atoms with E-state index in [0.717, 1.165) is 16.9 Å². The molecule has 0 amide bonds. The molecule has 0 aliphatic carbocycles. The number of nitrogens with one attached hydrogen (secondary N) is 1. The Bertz CT molecular complexity index is 565. The quantitative estimate of drug-likeness (QED) is 0.869. The van der Waals surface area contributed by atoms with Crippen molar-refractivity contribution in [2.24, 2.45) is 0 Å². The second kappa shape index (κ2) is 5.51. The van der Waals surface area contributed by atoms with Gasteiger partial charge >= 0.3 is 0 Å². The lowest BCUT2D eigenvalue weighted by molar-refractivity contribution is 0.414. The van der Waals surface area contributed by atoms with Crippen LogP contribution in [0.4, 0.5) is 11.9 Å². The zero-order valence-corrected chi connectivity index (χ0v) is 11.3. The minimum Gasteiger partial charge on any atom is -0.497 e. The number of hydrogen-bond donors (Lipinski definition) is 2. The van der Waals surface area contributed by atoms with Gasteiger partial charge in [-0.25, -0.2) is 0 Å². The topological polar surface area (TPSA) is 86.0 Å². The molecular weight excluding hydrogens is 242 g/mol. The molecule has 2 rings (SSSR count). The zero-order valence-electron chi connectivity index (χ0n) is 11.3. The Hall–Kier alpha value is -2.37. The summed E-state index contributed by atoms with van der Waals surface area (Å²) in [6.07, 6.45) is 0. The lowest BCUT2D eigenvalue weighted by Gasteiger charge is -2.08. The first-order chi connectivity index (χ1) is 9.06. The van der Waals surface area contributed by atoms with Crippen molar-refractivity contribution in [3.8, 4) is 5.75 Å². The molecule has 6 nitrogen and oxygen atoms in total. The maximum atomic E-state index is 5.58. The van der Waals surface area contributed by atoms with Crippen molar-refractivity contribution in [3.63, 3.8) is 0 Å². The van der Waals surface area contributed by atoms with Gasteiger partial charge in [-0.15, -0.1) is 0 Å². The minimum atomic E-state index is 0.219. The summed E-state index contributed by atoms with van der Waals surface area (Å²) in [6, 6.07) is 6.03. The highest BCUT2D eigenvalue weighted by atomic mass is 16.5. The molecule has 3 N–H and O–H groups in total. The average molecular weight is 259 g/mol. The lowest BCUT2D eigenvalue weighted by Crippen LogP contribution is -2.08. The standard InChI is InChI=1S/C13H17N5O/c1-8-4-10(6-11(5-8)19-3)7-15-13-17-9(2)16-12(14)18-13/h4-6H,7H2,1-3H3,(H3,14,15,16,17,18). The number of aryl methyl sites for hydroxylation is 2. The number of nitrogens with two attached hydrogens (primary N) is 1. The SMILES string of the molecule is COc1cc(C)cc(CNc2nc(C)nc(N)n2)c1. The van der Waals surface area contributed by atoms with Crippen LogP contribution in [0.2, 0.25) is 0 Å². The van der Waals surface area contributed by atoms with Gasteiger partial charge in [-0.2, -0.15) is 15.0 Å². The highest BCUT2D eigenvalue weighted by molar-refractivity contribution is 5.37. The predicted molar refractivity (Wildman–Crippen MR) is 74.0 cm³/mol. The summed E-state index contributed by atoms with van der Waals surface area (Å²) in [7, 11) is 1.65. The molecule has 0 unspecified atom stereocenters. The van der Waals surface area contributed by atoms with Crippen molar-refractivity contribution < 1.29 is 4.74 Å². The number of methoxy groups -OCH3 is 1. The molecule has 1 aromatic heterocycles. The number of aromatic nitrogens is 3. The maximum absolute atomic E-state index is 5.58. The number of ether oxygens (including phenoxy) is 1. The first-order valence-electron chi connectivity index (χ1n) is 5.93. The Balaban J connectivity index is 2.11. The van der Waals surface area contributed by atoms with E-state index in [1.807, 2.05) is 19.1 Å². The largest absolute Gasteiger partial charge is 0.497 e. The third-order valence-electron chi connectivity index (χ3n) is 2.56. The van der Waals surface area contributed by atoms with Crippen LogP contribution < -0.4 is 15.8 Å². The molecule has 0 bridgehead atoms. The summed E-state index contributed by atoms with van der Waals surface area (Å²) < 4.78 is 5.24. The van der Waals surface area contributed by atoms with Crippen molar-refractivity contribution in [1.29, 1.82) is 0 Å². The van der Waals surface area contributed by atoms with Gasteiger partial charge in [0.1, 0.15) is 11.6 Å². The average Bonchev–Trinajstić information content (AvgIpc) is 2.34. The summed E-state index contributed by atoms with van der Waals surface area (Å²) in [5.74, 6) is 2.13. The Morgan fingerprint density at radius 2 is 1.95 bits per heavy atom. The second-order valence-corrected chi connectivity index (χ2v) is 4.28. The summed E-state index contributed by atoms with van der Waals surface area (Å²) in [4.78, 5) is 12.1. The van der Waals surface area contributed by atoms with E-state index in [4.69, 9.17) is 10.5 Å². The first-order valence-corrected chi connectivity index (χ1v) is 5.93. The van der Waals surface area contributed by atoms with Crippen LogP contribution in [-0.2, 0) is 6.54 Å². The lowest BCUT2D eigenvalue weighted by atomic mass is 10.1. The summed E-state index contributed by atoms with van der Waals surface area (Å²) >= 11 is 0. The number of nitrogens with zero attached hydrogens (tertiary/aromatic N) is 3. The van der Waals surface area contributed by atoms with Crippen LogP contribution in [0.5, 0.6) is 5.75 Å². The number of rotatable bonds is 4. The Labute approximate surface area is 112 Å². The molecule has 0 radical (unpaired) electrons. The number of hydrogen-bond acceptors (Lipinski definition) is 6. The van der Waals surface area contributed by atoms with Gasteiger partial charge in [0.2, 0.25) is 11.9 Å². The van der Waals surface area contributed by atoms with Gasteiger partial charge in [-0.05, 0) is 37.1 Å². The first kappa shape index (κ1) is 13.1. The predicted octanol–water partition coefficient (Wildman–Crippen LogP) is 1.69. The van der Waals surface area contributed by atoms with Crippen LogP contribution in [0.3, 0.4) is 0 Å². The Kier molecular flexibility index (Phi) is 3.79. The molecule has 100 valence electrons. The van der Waals surface area contributed by atoms with Gasteiger partial charge in [0.15, 0.2) is 0 Å². The van der Waals surface area contributed by atoms with Crippen molar-refractivity contribution >= 4 is 11.9 Å². The van der Waals surface area contributed by atoms with E-state index >= 15 is 0 Å². The maximum Gasteiger partial charge on any atom is 0.227 e. The molecule has 1 aromatic carbocycles. The Morgan fingerprint density at radius 1 is 1.16 bits per heavy atom. The zero-order chi connectivity index (χ0) is 13.8. The fraction of sp³-hybridized carbons (Fsp3) is 0.308. The van der Waals surface area contributed by atoms with E-state index in [1.54, 1.807) is 14.0 Å². The number of benzene rings is 1. The van der Waals surface area contributed by atoms with Gasteiger partial charge in [-0.1, -0.05) is 6.07 Å². The smallest absolute Gasteiger partial charge is 0.227 e. The molecule has 0 saturated carbocycles. The van der Waals surface area contributed by atoms with Crippen LogP contribution in [0.25, 0.3) is 0 Å². The van der Waals surface area contributed by atoms with Crippen molar-refractivity contribution in [3.05, 3.63) is 35.2 Å². The molecule has 6 heteroatoms. The molecule has 0 spiro atoms.